The first kappa shape index (κ1) is 32.1. The van der Waals surface area contributed by atoms with Crippen molar-refractivity contribution >= 4 is 44.4 Å². The molecule has 0 bridgehead atoms. The van der Waals surface area contributed by atoms with Crippen LogP contribution in [0.25, 0.3) is 11.2 Å². The number of aliphatic carboxylic acids is 1. The standard InChI is InChI=1S/C23H29N7O12P2/c1-2-25-23(33)29-19-16-20(27-10-26-19)30(11-28-16)21-18-17(40-22(41-18)13-6-4-3-5-7-13)14(39-21)9-38-44(36,37)42-43(34,35)12-24-8-15(31)32/h3-7,10-11,14,17-18,21-22,24H,2,8-9,12H2,1H3,(H,31,32)(H,34,35)(H,36,37)(H2,25,26,27,29,33)/p-2/t14-,17?,18+,21-,22+/m1/s1. The van der Waals surface area contributed by atoms with Crippen LogP contribution in [0, 0.1) is 0 Å². The van der Waals surface area contributed by atoms with Crippen LogP contribution in [0.3, 0.4) is 0 Å². The number of aromatic nitrogens is 4. The van der Waals surface area contributed by atoms with Gasteiger partial charge in [0, 0.05) is 12.1 Å². The van der Waals surface area contributed by atoms with Crippen LogP contribution in [0.1, 0.15) is 25.0 Å². The summed E-state index contributed by atoms with van der Waals surface area (Å²) in [4.78, 5) is 59.8. The molecule has 2 fully saturated rings. The van der Waals surface area contributed by atoms with Crippen molar-refractivity contribution < 1.29 is 56.7 Å². The maximum Gasteiger partial charge on any atom is 0.320 e. The van der Waals surface area contributed by atoms with E-state index in [2.05, 4.69) is 29.9 Å². The molecule has 2 amide bonds. The number of carbonyl (C=O) groups excluding carboxylic acids is 1. The summed E-state index contributed by atoms with van der Waals surface area (Å²) in [6.07, 6.45) is -3.20. The maximum absolute atomic E-state index is 12.4. The fourth-order valence-corrected chi connectivity index (χ4v) is 6.93. The van der Waals surface area contributed by atoms with Crippen LogP contribution in [0.5, 0.6) is 0 Å². The minimum atomic E-state index is -5.46. The Labute approximate surface area is 249 Å². The second kappa shape index (κ2) is 13.3. The quantitative estimate of drug-likeness (QED) is 0.177. The summed E-state index contributed by atoms with van der Waals surface area (Å²) in [5, 5.41) is 15.8. The molecule has 0 saturated carbocycles. The second-order valence-corrected chi connectivity index (χ2v) is 12.8. The number of nitrogens with one attached hydrogen (secondary N) is 3. The van der Waals surface area contributed by atoms with Crippen LogP contribution in [-0.2, 0) is 37.0 Å². The van der Waals surface area contributed by atoms with Crippen molar-refractivity contribution in [2.75, 3.05) is 31.3 Å². The predicted molar refractivity (Wildman–Crippen MR) is 144 cm³/mol. The Morgan fingerprint density at radius 3 is 2.57 bits per heavy atom. The number of nitrogens with zero attached hydrogens (tertiary/aromatic N) is 4. The SMILES string of the molecule is CCNC(=O)Nc1ncnc2c1ncn2[C@@H]1O[C@H](COP(=O)([O-])OP(=O)([O-])CNCC(=O)O)C2O[C@H](c3ccccc3)O[C@@H]21. The number of anilines is 1. The molecule has 0 aliphatic carbocycles. The van der Waals surface area contributed by atoms with Gasteiger partial charge in [0.05, 0.1) is 25.8 Å². The van der Waals surface area contributed by atoms with Gasteiger partial charge in [-0.2, -0.15) is 0 Å². The Bertz CT molecular complexity index is 1590. The Balaban J connectivity index is 1.36. The van der Waals surface area contributed by atoms with E-state index in [0.717, 1.165) is 0 Å². The van der Waals surface area contributed by atoms with Crippen molar-refractivity contribution in [1.82, 2.24) is 30.2 Å². The fraction of sp³-hybridized carbons (Fsp3) is 0.435. The summed E-state index contributed by atoms with van der Waals surface area (Å²) in [7, 11) is -10.5. The number of fused-ring (bicyclic) bond motifs is 2. The van der Waals surface area contributed by atoms with Gasteiger partial charge in [-0.25, -0.2) is 19.7 Å². The van der Waals surface area contributed by atoms with E-state index in [4.69, 9.17) is 23.8 Å². The van der Waals surface area contributed by atoms with Crippen molar-refractivity contribution in [1.29, 1.82) is 0 Å². The molecular weight excluding hydrogens is 628 g/mol. The average molecular weight is 655 g/mol. The van der Waals surface area contributed by atoms with E-state index >= 15 is 0 Å². The summed E-state index contributed by atoms with van der Waals surface area (Å²) in [6, 6.07) is 8.42. The summed E-state index contributed by atoms with van der Waals surface area (Å²) in [5.41, 5.74) is 1.16. The van der Waals surface area contributed by atoms with Crippen LogP contribution in [0.4, 0.5) is 10.6 Å². The minimum Gasteiger partial charge on any atom is -0.777 e. The number of phosphoric ester groups is 1. The number of carbonyl (C=O) groups is 2. The first-order valence-corrected chi connectivity index (χ1v) is 16.3. The van der Waals surface area contributed by atoms with Crippen molar-refractivity contribution in [2.45, 2.75) is 37.8 Å². The van der Waals surface area contributed by atoms with Gasteiger partial charge < -0.3 is 43.5 Å². The van der Waals surface area contributed by atoms with Crippen molar-refractivity contribution in [3.63, 3.8) is 0 Å². The van der Waals surface area contributed by atoms with Gasteiger partial charge in [0.15, 0.2) is 37.1 Å². The molecule has 19 nitrogen and oxygen atoms in total. The lowest BCUT2D eigenvalue weighted by Gasteiger charge is -2.32. The van der Waals surface area contributed by atoms with Gasteiger partial charge in [0.25, 0.3) is 7.82 Å². The van der Waals surface area contributed by atoms with Crippen LogP contribution in [-0.4, -0.2) is 80.9 Å². The Morgan fingerprint density at radius 1 is 1.09 bits per heavy atom. The second-order valence-electron chi connectivity index (χ2n) is 9.45. The molecule has 2 aromatic heterocycles. The highest BCUT2D eigenvalue weighted by Gasteiger charge is 2.54. The van der Waals surface area contributed by atoms with Gasteiger partial charge in [0.2, 0.25) is 0 Å². The van der Waals surface area contributed by atoms with Crippen LogP contribution in [0.2, 0.25) is 0 Å². The van der Waals surface area contributed by atoms with E-state index in [1.807, 2.05) is 11.4 Å². The highest BCUT2D eigenvalue weighted by molar-refractivity contribution is 7.62. The molecule has 2 aliphatic rings. The molecular formula is C23H27N7O12P2-2. The molecule has 44 heavy (non-hydrogen) atoms. The Hall–Kier alpha value is -3.35. The zero-order valence-electron chi connectivity index (χ0n) is 22.9. The number of rotatable bonds is 13. The number of hydrogen-bond acceptors (Lipinski definition) is 15. The molecule has 0 spiro atoms. The molecule has 4 heterocycles. The summed E-state index contributed by atoms with van der Waals surface area (Å²) < 4.78 is 53.4. The van der Waals surface area contributed by atoms with E-state index in [9.17, 15) is 28.5 Å². The number of carboxylic acid groups (broad SMARTS) is 1. The zero-order chi connectivity index (χ0) is 31.5. The monoisotopic (exact) mass is 655 g/mol. The third kappa shape index (κ3) is 7.47. The number of ether oxygens (including phenoxy) is 3. The molecule has 2 aliphatic heterocycles. The molecule has 21 heteroatoms. The van der Waals surface area contributed by atoms with Gasteiger partial charge in [-0.1, -0.05) is 30.3 Å². The van der Waals surface area contributed by atoms with Gasteiger partial charge in [-0.3, -0.25) is 28.9 Å². The summed E-state index contributed by atoms with van der Waals surface area (Å²) in [5.74, 6) is -1.22. The third-order valence-electron chi connectivity index (χ3n) is 6.32. The van der Waals surface area contributed by atoms with E-state index in [0.29, 0.717) is 12.1 Å². The van der Waals surface area contributed by atoms with E-state index < -0.39 is 77.7 Å². The topological polar surface area (TPSA) is 260 Å². The highest BCUT2D eigenvalue weighted by Crippen LogP contribution is 2.55. The van der Waals surface area contributed by atoms with Crippen LogP contribution in [0.15, 0.2) is 43.0 Å². The number of phosphoric acid groups is 1. The number of benzene rings is 1. The molecule has 7 atom stereocenters. The number of amides is 2. The first-order chi connectivity index (χ1) is 21.0. The number of hydrogen-bond donors (Lipinski definition) is 4. The fourth-order valence-electron chi connectivity index (χ4n) is 4.57. The highest BCUT2D eigenvalue weighted by atomic mass is 31.3. The molecule has 3 aromatic rings. The molecule has 3 unspecified atom stereocenters. The van der Waals surface area contributed by atoms with Crippen molar-refractivity contribution in [2.24, 2.45) is 0 Å². The third-order valence-corrected chi connectivity index (χ3v) is 9.20. The molecule has 2 saturated heterocycles. The van der Waals surface area contributed by atoms with Crippen molar-refractivity contribution in [3.8, 4) is 0 Å². The molecule has 5 rings (SSSR count). The molecule has 238 valence electrons. The van der Waals surface area contributed by atoms with Crippen LogP contribution >= 0.6 is 15.4 Å². The number of urea groups is 1. The van der Waals surface area contributed by atoms with Crippen LogP contribution < -0.4 is 25.7 Å². The van der Waals surface area contributed by atoms with E-state index in [-0.39, 0.29) is 17.0 Å². The lowest BCUT2D eigenvalue weighted by molar-refractivity contribution is -0.234. The summed E-state index contributed by atoms with van der Waals surface area (Å²) >= 11 is 0. The Kier molecular flexibility index (Phi) is 9.71. The van der Waals surface area contributed by atoms with Gasteiger partial charge >= 0.3 is 12.0 Å². The van der Waals surface area contributed by atoms with Gasteiger partial charge in [-0.05, 0) is 6.92 Å². The van der Waals surface area contributed by atoms with Crippen molar-refractivity contribution in [3.05, 3.63) is 48.5 Å². The Morgan fingerprint density at radius 2 is 1.84 bits per heavy atom. The molecule has 0 radical (unpaired) electrons. The number of imidazole rings is 1. The van der Waals surface area contributed by atoms with Gasteiger partial charge in [-0.15, -0.1) is 0 Å². The number of carboxylic acids is 1. The molecule has 1 aromatic carbocycles. The summed E-state index contributed by atoms with van der Waals surface area (Å²) in [6.45, 7) is 0.669. The lowest BCUT2D eigenvalue weighted by atomic mass is 10.1. The maximum atomic E-state index is 12.4. The average Bonchev–Trinajstić information content (AvgIpc) is 3.66. The van der Waals surface area contributed by atoms with Gasteiger partial charge in [0.1, 0.15) is 24.6 Å². The van der Waals surface area contributed by atoms with E-state index in [1.54, 1.807) is 31.2 Å². The normalized spacial score (nSPS) is 25.7. The predicted octanol–water partition coefficient (Wildman–Crippen LogP) is 0.0346. The largest absolute Gasteiger partial charge is 0.777 e. The minimum absolute atomic E-state index is 0.129. The zero-order valence-corrected chi connectivity index (χ0v) is 24.7. The van der Waals surface area contributed by atoms with E-state index in [1.165, 1.54) is 17.2 Å². The smallest absolute Gasteiger partial charge is 0.320 e. The molecule has 4 N–H and O–H groups in total. The first-order valence-electron chi connectivity index (χ1n) is 13.1. The lowest BCUT2D eigenvalue weighted by Crippen LogP contribution is -2.32.